The summed E-state index contributed by atoms with van der Waals surface area (Å²) in [6, 6.07) is 5.83. The van der Waals surface area contributed by atoms with Gasteiger partial charge in [-0.3, -0.25) is 9.98 Å². The Bertz CT molecular complexity index is 405. The quantitative estimate of drug-likeness (QED) is 0.751. The normalized spacial score (nSPS) is 15.8. The Morgan fingerprint density at radius 3 is 2.93 bits per heavy atom. The van der Waals surface area contributed by atoms with Crippen LogP contribution >= 0.6 is 15.9 Å². The third-order valence-corrected chi connectivity index (χ3v) is 2.46. The summed E-state index contributed by atoms with van der Waals surface area (Å²) >= 11 is 3.42. The van der Waals surface area contributed by atoms with Crippen LogP contribution in [0.5, 0.6) is 0 Å². The van der Waals surface area contributed by atoms with E-state index in [1.807, 2.05) is 36.4 Å². The highest BCUT2D eigenvalue weighted by Gasteiger charge is 2.01. The molecule has 1 aromatic heterocycles. The number of pyridine rings is 1. The largest absolute Gasteiger partial charge is 0.279 e. The summed E-state index contributed by atoms with van der Waals surface area (Å²) in [7, 11) is 0. The van der Waals surface area contributed by atoms with Crippen LogP contribution < -0.4 is 0 Å². The van der Waals surface area contributed by atoms with Crippen molar-refractivity contribution in [3.05, 3.63) is 52.8 Å². The number of aromatic nitrogens is 1. The van der Waals surface area contributed by atoms with Crippen LogP contribution in [0.25, 0.3) is 0 Å². The molecule has 0 radical (unpaired) electrons. The molecule has 0 spiro atoms. The minimum atomic E-state index is 0.694. The van der Waals surface area contributed by atoms with Crippen LogP contribution in [0.3, 0.4) is 0 Å². The second-order valence-corrected chi connectivity index (χ2v) is 3.78. The van der Waals surface area contributed by atoms with Crippen molar-refractivity contribution in [2.45, 2.75) is 0 Å². The number of allylic oxidation sites excluding steroid dienone is 3. The SMILES string of the molecule is BrC1=CCN=C(c2ccccn2)C=C1. The maximum absolute atomic E-state index is 4.40. The molecule has 0 aromatic carbocycles. The summed E-state index contributed by atoms with van der Waals surface area (Å²) in [6.07, 6.45) is 7.75. The molecule has 2 heterocycles. The van der Waals surface area contributed by atoms with Gasteiger partial charge in [-0.15, -0.1) is 0 Å². The third-order valence-electron chi connectivity index (χ3n) is 1.88. The predicted octanol–water partition coefficient (Wildman–Crippen LogP) is 2.72. The molecule has 1 aliphatic heterocycles. The zero-order chi connectivity index (χ0) is 9.80. The molecule has 0 atom stereocenters. The second kappa shape index (κ2) is 4.33. The van der Waals surface area contributed by atoms with Gasteiger partial charge in [0.25, 0.3) is 0 Å². The minimum absolute atomic E-state index is 0.694. The molecule has 14 heavy (non-hydrogen) atoms. The van der Waals surface area contributed by atoms with Crippen LogP contribution in [0, 0.1) is 0 Å². The summed E-state index contributed by atoms with van der Waals surface area (Å²) in [5.74, 6) is 0. The van der Waals surface area contributed by atoms with E-state index < -0.39 is 0 Å². The van der Waals surface area contributed by atoms with Gasteiger partial charge in [-0.2, -0.15) is 0 Å². The maximum Gasteiger partial charge on any atom is 0.0881 e. The lowest BCUT2D eigenvalue weighted by molar-refractivity contribution is 1.22. The van der Waals surface area contributed by atoms with E-state index in [0.29, 0.717) is 6.54 Å². The fourth-order valence-corrected chi connectivity index (χ4v) is 1.47. The standard InChI is InChI=1S/C11H9BrN2/c12-9-4-5-11(14-8-6-9)10-3-1-2-7-13-10/h1-7H,8H2. The van der Waals surface area contributed by atoms with Crippen LogP contribution in [-0.2, 0) is 0 Å². The van der Waals surface area contributed by atoms with Gasteiger partial charge in [0.1, 0.15) is 0 Å². The van der Waals surface area contributed by atoms with Gasteiger partial charge in [0.15, 0.2) is 0 Å². The van der Waals surface area contributed by atoms with Crippen molar-refractivity contribution in [2.75, 3.05) is 6.54 Å². The Labute approximate surface area is 91.2 Å². The molecule has 0 bridgehead atoms. The number of hydrogen-bond acceptors (Lipinski definition) is 2. The molecule has 0 amide bonds. The molecule has 70 valence electrons. The van der Waals surface area contributed by atoms with Crippen molar-refractivity contribution in [1.82, 2.24) is 4.98 Å². The first-order valence-corrected chi connectivity index (χ1v) is 5.15. The highest BCUT2D eigenvalue weighted by molar-refractivity contribution is 9.11. The van der Waals surface area contributed by atoms with Crippen LogP contribution in [0.15, 0.2) is 52.1 Å². The van der Waals surface area contributed by atoms with Gasteiger partial charge in [-0.1, -0.05) is 22.0 Å². The average molecular weight is 249 g/mol. The van der Waals surface area contributed by atoms with Gasteiger partial charge in [-0.25, -0.2) is 0 Å². The van der Waals surface area contributed by atoms with Gasteiger partial charge in [0.2, 0.25) is 0 Å². The van der Waals surface area contributed by atoms with E-state index in [0.717, 1.165) is 15.9 Å². The Morgan fingerprint density at radius 1 is 1.21 bits per heavy atom. The second-order valence-electron chi connectivity index (χ2n) is 2.86. The smallest absolute Gasteiger partial charge is 0.0881 e. The fourth-order valence-electron chi connectivity index (χ4n) is 1.19. The molecular weight excluding hydrogens is 240 g/mol. The van der Waals surface area contributed by atoms with Crippen LogP contribution in [-0.4, -0.2) is 17.2 Å². The number of halogens is 1. The molecule has 1 aliphatic rings. The molecule has 0 fully saturated rings. The van der Waals surface area contributed by atoms with Crippen LogP contribution in [0.1, 0.15) is 5.69 Å². The van der Waals surface area contributed by atoms with Gasteiger partial charge in [-0.05, 0) is 30.4 Å². The lowest BCUT2D eigenvalue weighted by atomic mass is 10.2. The molecule has 0 aliphatic carbocycles. The van der Waals surface area contributed by atoms with Gasteiger partial charge in [0, 0.05) is 10.7 Å². The Balaban J connectivity index is 2.30. The summed E-state index contributed by atoms with van der Waals surface area (Å²) in [6.45, 7) is 0.694. The maximum atomic E-state index is 4.40. The summed E-state index contributed by atoms with van der Waals surface area (Å²) in [5, 5.41) is 0. The van der Waals surface area contributed by atoms with Crippen molar-refractivity contribution in [3.8, 4) is 0 Å². The molecule has 2 nitrogen and oxygen atoms in total. The molecule has 1 aromatic rings. The van der Waals surface area contributed by atoms with E-state index in [9.17, 15) is 0 Å². The molecule has 0 unspecified atom stereocenters. The Morgan fingerprint density at radius 2 is 2.14 bits per heavy atom. The number of hydrogen-bond donors (Lipinski definition) is 0. The fraction of sp³-hybridized carbons (Fsp3) is 0.0909. The highest BCUT2D eigenvalue weighted by atomic mass is 79.9. The Hall–Kier alpha value is -1.22. The van der Waals surface area contributed by atoms with Crippen LogP contribution in [0.2, 0.25) is 0 Å². The summed E-state index contributed by atoms with van der Waals surface area (Å²) in [5.41, 5.74) is 1.84. The lowest BCUT2D eigenvalue weighted by Gasteiger charge is -1.97. The molecule has 0 saturated heterocycles. The minimum Gasteiger partial charge on any atom is -0.279 e. The van der Waals surface area contributed by atoms with Crippen LogP contribution in [0.4, 0.5) is 0 Å². The van der Waals surface area contributed by atoms with Gasteiger partial charge >= 0.3 is 0 Å². The summed E-state index contributed by atoms with van der Waals surface area (Å²) in [4.78, 5) is 8.65. The van der Waals surface area contributed by atoms with Crippen molar-refractivity contribution in [2.24, 2.45) is 4.99 Å². The molecular formula is C11H9BrN2. The number of aliphatic imine (C=N–C) groups is 1. The lowest BCUT2D eigenvalue weighted by Crippen LogP contribution is -1.99. The zero-order valence-corrected chi connectivity index (χ0v) is 9.11. The van der Waals surface area contributed by atoms with E-state index >= 15 is 0 Å². The highest BCUT2D eigenvalue weighted by Crippen LogP contribution is 2.11. The molecule has 2 rings (SSSR count). The van der Waals surface area contributed by atoms with E-state index in [4.69, 9.17) is 0 Å². The van der Waals surface area contributed by atoms with Gasteiger partial charge < -0.3 is 0 Å². The first-order chi connectivity index (χ1) is 6.86. The summed E-state index contributed by atoms with van der Waals surface area (Å²) < 4.78 is 1.06. The van der Waals surface area contributed by atoms with Crippen molar-refractivity contribution in [3.63, 3.8) is 0 Å². The number of rotatable bonds is 1. The first-order valence-electron chi connectivity index (χ1n) is 4.36. The van der Waals surface area contributed by atoms with E-state index in [2.05, 4.69) is 25.9 Å². The van der Waals surface area contributed by atoms with E-state index in [-0.39, 0.29) is 0 Å². The van der Waals surface area contributed by atoms with Crippen molar-refractivity contribution in [1.29, 1.82) is 0 Å². The zero-order valence-electron chi connectivity index (χ0n) is 7.52. The van der Waals surface area contributed by atoms with E-state index in [1.54, 1.807) is 6.20 Å². The molecule has 0 N–H and O–H groups in total. The topological polar surface area (TPSA) is 25.2 Å². The van der Waals surface area contributed by atoms with Crippen molar-refractivity contribution < 1.29 is 0 Å². The average Bonchev–Trinajstić information content (AvgIpc) is 2.44. The van der Waals surface area contributed by atoms with Gasteiger partial charge in [0.05, 0.1) is 18.0 Å². The monoisotopic (exact) mass is 248 g/mol. The molecule has 3 heteroatoms. The number of nitrogens with zero attached hydrogens (tertiary/aromatic N) is 2. The third kappa shape index (κ3) is 2.17. The predicted molar refractivity (Wildman–Crippen MR) is 61.8 cm³/mol. The Kier molecular flexibility index (Phi) is 2.89. The first kappa shape index (κ1) is 9.34. The molecule has 0 saturated carbocycles. The van der Waals surface area contributed by atoms with E-state index in [1.165, 1.54) is 0 Å². The van der Waals surface area contributed by atoms with Crippen molar-refractivity contribution >= 4 is 21.6 Å².